The molecular weight excluding hydrogens is 332 g/mol. The van der Waals surface area contributed by atoms with Gasteiger partial charge in [-0.1, -0.05) is 104 Å². The fourth-order valence-electron chi connectivity index (χ4n) is 3.39. The topological polar surface area (TPSA) is 9.23 Å². The fourth-order valence-corrected chi connectivity index (χ4v) is 6.50. The van der Waals surface area contributed by atoms with Crippen molar-refractivity contribution < 1.29 is 4.43 Å². The second kappa shape index (κ2) is 8.30. The largest absolute Gasteiger partial charge is 0.401 e. The lowest BCUT2D eigenvalue weighted by Gasteiger charge is -2.34. The van der Waals surface area contributed by atoms with Crippen LogP contribution < -0.4 is 10.4 Å². The van der Waals surface area contributed by atoms with Gasteiger partial charge in [0, 0.05) is 5.92 Å². The molecule has 2 atom stereocenters. The van der Waals surface area contributed by atoms with Crippen LogP contribution in [-0.2, 0) is 4.43 Å². The van der Waals surface area contributed by atoms with E-state index >= 15 is 0 Å². The molecule has 3 aromatic rings. The Kier molecular flexibility index (Phi) is 5.87. The highest BCUT2D eigenvalue weighted by Crippen LogP contribution is 2.25. The third kappa shape index (κ3) is 3.87. The van der Waals surface area contributed by atoms with E-state index in [-0.39, 0.29) is 12.0 Å². The zero-order valence-corrected chi connectivity index (χ0v) is 16.5. The normalized spacial score (nSPS) is 13.8. The summed E-state index contributed by atoms with van der Waals surface area (Å²) in [5, 5.41) is 2.55. The number of rotatable bonds is 7. The van der Waals surface area contributed by atoms with Gasteiger partial charge in [-0.2, -0.15) is 0 Å². The molecule has 0 radical (unpaired) electrons. The van der Waals surface area contributed by atoms with Crippen LogP contribution in [0, 0.1) is 0 Å². The highest BCUT2D eigenvalue weighted by atomic mass is 28.4. The lowest BCUT2D eigenvalue weighted by atomic mass is 9.96. The molecular formula is C24H26OSi. The molecule has 0 aliphatic rings. The Morgan fingerprint density at radius 3 is 1.62 bits per heavy atom. The average Bonchev–Trinajstić information content (AvgIpc) is 2.73. The van der Waals surface area contributed by atoms with Crippen LogP contribution in [0.4, 0.5) is 0 Å². The van der Waals surface area contributed by atoms with Gasteiger partial charge in [-0.05, 0) is 22.5 Å². The van der Waals surface area contributed by atoms with Crippen molar-refractivity contribution in [3.8, 4) is 0 Å². The van der Waals surface area contributed by atoms with Crippen LogP contribution in [0.3, 0.4) is 0 Å². The quantitative estimate of drug-likeness (QED) is 0.437. The van der Waals surface area contributed by atoms with Crippen molar-refractivity contribution in [2.45, 2.75) is 25.5 Å². The van der Waals surface area contributed by atoms with Crippen molar-refractivity contribution in [3.63, 3.8) is 0 Å². The van der Waals surface area contributed by atoms with Crippen molar-refractivity contribution >= 4 is 18.7 Å². The van der Waals surface area contributed by atoms with Gasteiger partial charge in [0.15, 0.2) is 0 Å². The minimum absolute atomic E-state index is 0.0468. The maximum Gasteiger partial charge on any atom is 0.253 e. The highest BCUT2D eigenvalue weighted by Gasteiger charge is 2.37. The summed E-state index contributed by atoms with van der Waals surface area (Å²) in [6, 6.07) is 31.8. The van der Waals surface area contributed by atoms with E-state index in [1.165, 1.54) is 15.9 Å². The molecule has 132 valence electrons. The molecule has 0 amide bonds. The zero-order chi connectivity index (χ0) is 18.4. The van der Waals surface area contributed by atoms with Gasteiger partial charge in [-0.15, -0.1) is 6.58 Å². The summed E-state index contributed by atoms with van der Waals surface area (Å²) in [5.41, 5.74) is 1.27. The van der Waals surface area contributed by atoms with E-state index in [0.717, 1.165) is 0 Å². The van der Waals surface area contributed by atoms with Crippen molar-refractivity contribution in [1.29, 1.82) is 0 Å². The molecule has 2 heteroatoms. The lowest BCUT2D eigenvalue weighted by molar-refractivity contribution is 0.222. The molecule has 3 aromatic carbocycles. The SMILES string of the molecule is C=CC(O[Si](C)(c1ccccc1)c1ccccc1)C(C)c1ccccc1. The van der Waals surface area contributed by atoms with Gasteiger partial charge in [-0.3, -0.25) is 0 Å². The van der Waals surface area contributed by atoms with Crippen LogP contribution in [0.2, 0.25) is 6.55 Å². The second-order valence-electron chi connectivity index (χ2n) is 6.78. The van der Waals surface area contributed by atoms with Gasteiger partial charge < -0.3 is 4.43 Å². The lowest BCUT2D eigenvalue weighted by Crippen LogP contribution is -2.60. The Balaban J connectivity index is 1.98. The van der Waals surface area contributed by atoms with Crippen LogP contribution in [0.1, 0.15) is 18.4 Å². The standard InChI is InChI=1S/C24H26OSi/c1-4-24(20(2)21-14-8-5-9-15-21)25-26(3,22-16-10-6-11-17-22)23-18-12-7-13-19-23/h4-20,24H,1H2,2-3H3. The molecule has 2 unspecified atom stereocenters. The Hall–Kier alpha value is -2.42. The third-order valence-corrected chi connectivity index (χ3v) is 8.69. The second-order valence-corrected chi connectivity index (χ2v) is 10.2. The minimum Gasteiger partial charge on any atom is -0.401 e. The maximum absolute atomic E-state index is 6.90. The summed E-state index contributed by atoms with van der Waals surface area (Å²) in [7, 11) is -2.35. The summed E-state index contributed by atoms with van der Waals surface area (Å²) >= 11 is 0. The van der Waals surface area contributed by atoms with Crippen LogP contribution in [0.5, 0.6) is 0 Å². The molecule has 0 fully saturated rings. The van der Waals surface area contributed by atoms with Gasteiger partial charge in [-0.25, -0.2) is 0 Å². The van der Waals surface area contributed by atoms with Crippen LogP contribution in [-0.4, -0.2) is 14.4 Å². The van der Waals surface area contributed by atoms with Crippen LogP contribution in [0.15, 0.2) is 104 Å². The smallest absolute Gasteiger partial charge is 0.253 e. The fraction of sp³-hybridized carbons (Fsp3) is 0.167. The molecule has 0 bridgehead atoms. The Morgan fingerprint density at radius 2 is 1.19 bits per heavy atom. The number of hydrogen-bond acceptors (Lipinski definition) is 1. The average molecular weight is 359 g/mol. The molecule has 3 rings (SSSR count). The Morgan fingerprint density at radius 1 is 0.769 bits per heavy atom. The first kappa shape index (κ1) is 18.4. The summed E-state index contributed by atoms with van der Waals surface area (Å²) < 4.78 is 6.90. The van der Waals surface area contributed by atoms with E-state index in [9.17, 15) is 0 Å². The molecule has 0 saturated carbocycles. The first-order chi connectivity index (χ1) is 12.6. The third-order valence-electron chi connectivity index (χ3n) is 5.07. The van der Waals surface area contributed by atoms with Gasteiger partial charge >= 0.3 is 0 Å². The Bertz CT molecular complexity index is 775. The monoisotopic (exact) mass is 358 g/mol. The van der Waals surface area contributed by atoms with Crippen LogP contribution in [0.25, 0.3) is 0 Å². The van der Waals surface area contributed by atoms with E-state index in [4.69, 9.17) is 4.43 Å². The van der Waals surface area contributed by atoms with Crippen molar-refractivity contribution in [2.24, 2.45) is 0 Å². The predicted molar refractivity (Wildman–Crippen MR) is 114 cm³/mol. The first-order valence-electron chi connectivity index (χ1n) is 9.11. The molecule has 0 N–H and O–H groups in total. The van der Waals surface area contributed by atoms with Crippen molar-refractivity contribution in [1.82, 2.24) is 0 Å². The first-order valence-corrected chi connectivity index (χ1v) is 11.5. The predicted octanol–water partition coefficient (Wildman–Crippen LogP) is 4.75. The van der Waals surface area contributed by atoms with Crippen molar-refractivity contribution in [2.75, 3.05) is 0 Å². The summed E-state index contributed by atoms with van der Waals surface area (Å²) in [4.78, 5) is 0. The molecule has 1 nitrogen and oxygen atoms in total. The molecule has 26 heavy (non-hydrogen) atoms. The van der Waals surface area contributed by atoms with Gasteiger partial charge in [0.05, 0.1) is 6.10 Å². The van der Waals surface area contributed by atoms with Gasteiger partial charge in [0.25, 0.3) is 8.32 Å². The van der Waals surface area contributed by atoms with E-state index in [2.05, 4.69) is 105 Å². The van der Waals surface area contributed by atoms with E-state index in [0.29, 0.717) is 0 Å². The van der Waals surface area contributed by atoms with E-state index in [1.807, 2.05) is 12.1 Å². The van der Waals surface area contributed by atoms with Gasteiger partial charge in [0.1, 0.15) is 0 Å². The van der Waals surface area contributed by atoms with Crippen molar-refractivity contribution in [3.05, 3.63) is 109 Å². The highest BCUT2D eigenvalue weighted by molar-refractivity contribution is 6.96. The number of benzene rings is 3. The molecule has 0 aliphatic carbocycles. The number of hydrogen-bond donors (Lipinski definition) is 0. The van der Waals surface area contributed by atoms with E-state index in [1.54, 1.807) is 0 Å². The van der Waals surface area contributed by atoms with E-state index < -0.39 is 8.32 Å². The van der Waals surface area contributed by atoms with Crippen LogP contribution >= 0.6 is 0 Å². The minimum atomic E-state index is -2.35. The molecule has 0 spiro atoms. The summed E-state index contributed by atoms with van der Waals surface area (Å²) in [6.45, 7) is 8.57. The Labute approximate surface area is 158 Å². The molecule has 0 saturated heterocycles. The maximum atomic E-state index is 6.90. The zero-order valence-electron chi connectivity index (χ0n) is 15.5. The summed E-state index contributed by atoms with van der Waals surface area (Å²) in [5.74, 6) is 0.243. The summed E-state index contributed by atoms with van der Waals surface area (Å²) in [6.07, 6.45) is 1.91. The molecule has 0 aliphatic heterocycles. The molecule has 0 heterocycles. The molecule has 0 aromatic heterocycles. The van der Waals surface area contributed by atoms with Gasteiger partial charge in [0.2, 0.25) is 0 Å².